The van der Waals surface area contributed by atoms with Gasteiger partial charge in [-0.1, -0.05) is 30.3 Å². The standard InChI is InChI=1S/C21H16F2N2O2/c1-20(2)21(22,23)16-6-4-3-5-14(16)18(25-20)12-7-8-17-15(11-12)13(19(26)27)9-10-24-17/h3-11H,1-2H3,(H,26,27). The molecule has 1 aliphatic rings. The quantitative estimate of drug-likeness (QED) is 0.718. The highest BCUT2D eigenvalue weighted by Gasteiger charge is 2.52. The van der Waals surface area contributed by atoms with Crippen LogP contribution in [0.2, 0.25) is 0 Å². The summed E-state index contributed by atoms with van der Waals surface area (Å²) < 4.78 is 29.8. The maximum Gasteiger partial charge on any atom is 0.336 e. The third kappa shape index (κ3) is 2.51. The van der Waals surface area contributed by atoms with Gasteiger partial charge in [0.15, 0.2) is 0 Å². The number of carboxylic acid groups (broad SMARTS) is 1. The van der Waals surface area contributed by atoms with Crippen LogP contribution in [0.1, 0.15) is 40.9 Å². The van der Waals surface area contributed by atoms with Crippen LogP contribution in [-0.4, -0.2) is 27.3 Å². The number of aliphatic imine (C=N–C) groups is 1. The second kappa shape index (κ2) is 5.67. The highest BCUT2D eigenvalue weighted by Crippen LogP contribution is 2.46. The van der Waals surface area contributed by atoms with Crippen LogP contribution in [0.3, 0.4) is 0 Å². The molecule has 0 aliphatic carbocycles. The van der Waals surface area contributed by atoms with Crippen molar-refractivity contribution in [2.24, 2.45) is 4.99 Å². The Hall–Kier alpha value is -3.15. The SMILES string of the molecule is CC1(C)N=C(c2ccc3nccc(C(=O)O)c3c2)c2ccccc2C1(F)F. The number of hydrogen-bond donors (Lipinski definition) is 1. The molecule has 3 aromatic rings. The van der Waals surface area contributed by atoms with Crippen molar-refractivity contribution in [2.75, 3.05) is 0 Å². The van der Waals surface area contributed by atoms with E-state index in [4.69, 9.17) is 0 Å². The highest BCUT2D eigenvalue weighted by atomic mass is 19.3. The van der Waals surface area contributed by atoms with E-state index in [1.54, 1.807) is 36.4 Å². The van der Waals surface area contributed by atoms with Crippen LogP contribution in [0.5, 0.6) is 0 Å². The summed E-state index contributed by atoms with van der Waals surface area (Å²) in [7, 11) is 0. The molecular formula is C21H16F2N2O2. The number of hydrogen-bond acceptors (Lipinski definition) is 3. The summed E-state index contributed by atoms with van der Waals surface area (Å²) in [4.78, 5) is 20.1. The second-order valence-corrected chi connectivity index (χ2v) is 7.03. The van der Waals surface area contributed by atoms with Gasteiger partial charge in [-0.15, -0.1) is 0 Å². The zero-order chi connectivity index (χ0) is 19.4. The molecule has 4 nitrogen and oxygen atoms in total. The lowest BCUT2D eigenvalue weighted by Crippen LogP contribution is -2.44. The van der Waals surface area contributed by atoms with Crippen molar-refractivity contribution >= 4 is 22.6 Å². The van der Waals surface area contributed by atoms with Gasteiger partial charge in [0.05, 0.1) is 16.8 Å². The van der Waals surface area contributed by atoms with E-state index in [1.165, 1.54) is 32.2 Å². The normalized spacial score (nSPS) is 17.3. The lowest BCUT2D eigenvalue weighted by atomic mass is 9.81. The molecule has 1 aliphatic heterocycles. The Morgan fingerprint density at radius 3 is 2.56 bits per heavy atom. The van der Waals surface area contributed by atoms with Gasteiger partial charge in [-0.25, -0.2) is 4.79 Å². The van der Waals surface area contributed by atoms with E-state index in [-0.39, 0.29) is 11.1 Å². The number of aromatic carboxylic acids is 1. The molecular weight excluding hydrogens is 350 g/mol. The van der Waals surface area contributed by atoms with Gasteiger partial charge in [0.25, 0.3) is 5.92 Å². The molecule has 0 radical (unpaired) electrons. The molecule has 2 aromatic carbocycles. The number of carbonyl (C=O) groups is 1. The van der Waals surface area contributed by atoms with Gasteiger partial charge in [0, 0.05) is 28.3 Å². The number of fused-ring (bicyclic) bond motifs is 2. The first-order valence-corrected chi connectivity index (χ1v) is 8.42. The van der Waals surface area contributed by atoms with E-state index in [0.717, 1.165) is 0 Å². The van der Waals surface area contributed by atoms with Crippen molar-refractivity contribution in [1.29, 1.82) is 0 Å². The van der Waals surface area contributed by atoms with Crippen molar-refractivity contribution in [2.45, 2.75) is 25.3 Å². The molecule has 4 rings (SSSR count). The predicted molar refractivity (Wildman–Crippen MR) is 98.8 cm³/mol. The third-order valence-corrected chi connectivity index (χ3v) is 4.93. The number of aromatic nitrogens is 1. The van der Waals surface area contributed by atoms with Crippen LogP contribution in [0.15, 0.2) is 59.7 Å². The van der Waals surface area contributed by atoms with Crippen molar-refractivity contribution < 1.29 is 18.7 Å². The Kier molecular flexibility index (Phi) is 3.63. The first-order valence-electron chi connectivity index (χ1n) is 8.42. The number of carboxylic acids is 1. The van der Waals surface area contributed by atoms with Crippen LogP contribution in [0, 0.1) is 0 Å². The molecule has 2 heterocycles. The van der Waals surface area contributed by atoms with E-state index < -0.39 is 17.4 Å². The summed E-state index contributed by atoms with van der Waals surface area (Å²) in [6.45, 7) is 2.79. The average Bonchev–Trinajstić information content (AvgIpc) is 2.64. The Morgan fingerprint density at radius 1 is 1.07 bits per heavy atom. The summed E-state index contributed by atoms with van der Waals surface area (Å²) in [5, 5.41) is 9.88. The first kappa shape index (κ1) is 17.3. The largest absolute Gasteiger partial charge is 0.478 e. The molecule has 0 atom stereocenters. The Morgan fingerprint density at radius 2 is 1.81 bits per heavy atom. The van der Waals surface area contributed by atoms with Crippen molar-refractivity contribution in [3.05, 3.63) is 77.0 Å². The first-order chi connectivity index (χ1) is 12.7. The van der Waals surface area contributed by atoms with Crippen molar-refractivity contribution in [3.63, 3.8) is 0 Å². The van der Waals surface area contributed by atoms with Crippen LogP contribution in [0.4, 0.5) is 8.78 Å². The van der Waals surface area contributed by atoms with E-state index in [1.807, 2.05) is 0 Å². The molecule has 1 aromatic heterocycles. The van der Waals surface area contributed by atoms with Crippen LogP contribution in [-0.2, 0) is 5.92 Å². The fourth-order valence-electron chi connectivity index (χ4n) is 3.40. The molecule has 136 valence electrons. The summed E-state index contributed by atoms with van der Waals surface area (Å²) in [6, 6.07) is 12.8. The predicted octanol–water partition coefficient (Wildman–Crippen LogP) is 4.65. The van der Waals surface area contributed by atoms with Crippen molar-refractivity contribution in [3.8, 4) is 0 Å². The monoisotopic (exact) mass is 366 g/mol. The maximum atomic E-state index is 14.9. The number of nitrogens with zero attached hydrogens (tertiary/aromatic N) is 2. The maximum absolute atomic E-state index is 14.9. The van der Waals surface area contributed by atoms with Gasteiger partial charge in [-0.3, -0.25) is 9.98 Å². The van der Waals surface area contributed by atoms with Crippen LogP contribution >= 0.6 is 0 Å². The number of pyridine rings is 1. The molecule has 0 saturated heterocycles. The molecule has 0 amide bonds. The third-order valence-electron chi connectivity index (χ3n) is 4.93. The molecule has 0 fully saturated rings. The molecule has 6 heteroatoms. The van der Waals surface area contributed by atoms with Gasteiger partial charge in [-0.05, 0) is 32.0 Å². The zero-order valence-electron chi connectivity index (χ0n) is 14.7. The fourth-order valence-corrected chi connectivity index (χ4v) is 3.40. The molecule has 1 N–H and O–H groups in total. The summed E-state index contributed by atoms with van der Waals surface area (Å²) in [5.74, 6) is -4.19. The molecule has 0 unspecified atom stereocenters. The smallest absolute Gasteiger partial charge is 0.336 e. The van der Waals surface area contributed by atoms with Crippen LogP contribution < -0.4 is 0 Å². The molecule has 27 heavy (non-hydrogen) atoms. The van der Waals surface area contributed by atoms with E-state index in [2.05, 4.69) is 9.98 Å². The van der Waals surface area contributed by atoms with Crippen LogP contribution in [0.25, 0.3) is 10.9 Å². The zero-order valence-corrected chi connectivity index (χ0v) is 14.7. The van der Waals surface area contributed by atoms with Gasteiger partial charge in [0.1, 0.15) is 5.54 Å². The number of benzene rings is 2. The molecule has 0 spiro atoms. The summed E-state index contributed by atoms with van der Waals surface area (Å²) in [6.07, 6.45) is 1.43. The van der Waals surface area contributed by atoms with Gasteiger partial charge >= 0.3 is 5.97 Å². The minimum Gasteiger partial charge on any atom is -0.478 e. The highest BCUT2D eigenvalue weighted by molar-refractivity contribution is 6.16. The van der Waals surface area contributed by atoms with Gasteiger partial charge in [0.2, 0.25) is 0 Å². The lowest BCUT2D eigenvalue weighted by molar-refractivity contribution is -0.0681. The minimum absolute atomic E-state index is 0.0789. The van der Waals surface area contributed by atoms with Gasteiger partial charge in [-0.2, -0.15) is 8.78 Å². The lowest BCUT2D eigenvalue weighted by Gasteiger charge is -2.37. The minimum atomic E-state index is -3.11. The Balaban J connectivity index is 1.99. The Labute approximate surface area is 154 Å². The number of alkyl halides is 2. The number of halogens is 2. The fraction of sp³-hybridized carbons (Fsp3) is 0.190. The van der Waals surface area contributed by atoms with E-state index in [0.29, 0.717) is 27.7 Å². The van der Waals surface area contributed by atoms with Gasteiger partial charge < -0.3 is 5.11 Å². The molecule has 0 saturated carbocycles. The average molecular weight is 366 g/mol. The summed E-state index contributed by atoms with van der Waals surface area (Å²) >= 11 is 0. The second-order valence-electron chi connectivity index (χ2n) is 7.03. The Bertz CT molecular complexity index is 1120. The van der Waals surface area contributed by atoms with E-state index in [9.17, 15) is 18.7 Å². The van der Waals surface area contributed by atoms with E-state index >= 15 is 0 Å². The molecule has 0 bridgehead atoms. The number of rotatable bonds is 2. The topological polar surface area (TPSA) is 62.5 Å². The van der Waals surface area contributed by atoms with Crippen molar-refractivity contribution in [1.82, 2.24) is 4.98 Å². The summed E-state index contributed by atoms with van der Waals surface area (Å²) in [5.41, 5.74) is 0.268.